The molecular formula is C12H14BrFO. The van der Waals surface area contributed by atoms with E-state index in [-0.39, 0.29) is 17.5 Å². The van der Waals surface area contributed by atoms with Crippen molar-refractivity contribution in [3.63, 3.8) is 0 Å². The summed E-state index contributed by atoms with van der Waals surface area (Å²) in [5, 5.41) is 0. The van der Waals surface area contributed by atoms with Crippen LogP contribution in [0.2, 0.25) is 0 Å². The van der Waals surface area contributed by atoms with Crippen LogP contribution in [-0.4, -0.2) is 5.78 Å². The topological polar surface area (TPSA) is 17.1 Å². The van der Waals surface area contributed by atoms with Gasteiger partial charge in [-0.05, 0) is 30.2 Å². The van der Waals surface area contributed by atoms with Crippen LogP contribution < -0.4 is 0 Å². The van der Waals surface area contributed by atoms with E-state index in [0.717, 1.165) is 16.5 Å². The highest BCUT2D eigenvalue weighted by Crippen LogP contribution is 2.20. The van der Waals surface area contributed by atoms with Crippen LogP contribution in [0.4, 0.5) is 4.39 Å². The lowest BCUT2D eigenvalue weighted by Gasteiger charge is -2.08. The van der Waals surface area contributed by atoms with E-state index in [1.54, 1.807) is 6.07 Å². The molecule has 1 aromatic carbocycles. The van der Waals surface area contributed by atoms with Gasteiger partial charge in [0.05, 0.1) is 0 Å². The van der Waals surface area contributed by atoms with Crippen LogP contribution in [0, 0.1) is 11.7 Å². The van der Waals surface area contributed by atoms with Gasteiger partial charge in [0.15, 0.2) is 0 Å². The molecule has 0 bridgehead atoms. The van der Waals surface area contributed by atoms with Crippen LogP contribution in [0.15, 0.2) is 22.7 Å². The van der Waals surface area contributed by atoms with Crippen molar-refractivity contribution in [2.75, 3.05) is 0 Å². The standard InChI is InChI=1S/C12H14BrFO/c1-3-8(2)12(15)7-9-6-10(14)4-5-11(9)13/h4-6,8H,3,7H2,1-2H3. The summed E-state index contributed by atoms with van der Waals surface area (Å²) in [6.45, 7) is 3.87. The molecule has 3 heteroatoms. The zero-order chi connectivity index (χ0) is 11.4. The molecule has 1 atom stereocenters. The van der Waals surface area contributed by atoms with Gasteiger partial charge in [-0.2, -0.15) is 0 Å². The number of carbonyl (C=O) groups is 1. The number of hydrogen-bond acceptors (Lipinski definition) is 1. The minimum absolute atomic E-state index is 0.0418. The van der Waals surface area contributed by atoms with Gasteiger partial charge in [0.2, 0.25) is 0 Å². The summed E-state index contributed by atoms with van der Waals surface area (Å²) in [7, 11) is 0. The lowest BCUT2D eigenvalue weighted by Crippen LogP contribution is -2.13. The molecule has 0 aliphatic carbocycles. The summed E-state index contributed by atoms with van der Waals surface area (Å²) in [5.41, 5.74) is 0.723. The highest BCUT2D eigenvalue weighted by Gasteiger charge is 2.13. The number of benzene rings is 1. The maximum absolute atomic E-state index is 12.9. The minimum atomic E-state index is -0.301. The fraction of sp³-hybridized carbons (Fsp3) is 0.417. The summed E-state index contributed by atoms with van der Waals surface area (Å²) in [6.07, 6.45) is 1.12. The van der Waals surface area contributed by atoms with Crippen molar-refractivity contribution in [3.05, 3.63) is 34.1 Å². The molecule has 0 saturated heterocycles. The first-order chi connectivity index (χ1) is 7.04. The van der Waals surface area contributed by atoms with Gasteiger partial charge in [0, 0.05) is 16.8 Å². The molecule has 1 nitrogen and oxygen atoms in total. The average molecular weight is 273 g/mol. The number of carbonyl (C=O) groups excluding carboxylic acids is 1. The smallest absolute Gasteiger partial charge is 0.140 e. The first-order valence-corrected chi connectivity index (χ1v) is 5.80. The van der Waals surface area contributed by atoms with E-state index in [1.807, 2.05) is 13.8 Å². The molecule has 0 spiro atoms. The Hall–Kier alpha value is -0.700. The Morgan fingerprint density at radius 1 is 1.53 bits per heavy atom. The van der Waals surface area contributed by atoms with Crippen LogP contribution in [0.3, 0.4) is 0 Å². The molecule has 1 rings (SSSR count). The van der Waals surface area contributed by atoms with Gasteiger partial charge in [-0.1, -0.05) is 29.8 Å². The summed E-state index contributed by atoms with van der Waals surface area (Å²) < 4.78 is 13.7. The summed E-state index contributed by atoms with van der Waals surface area (Å²) in [5.74, 6) is -0.103. The van der Waals surface area contributed by atoms with Crippen molar-refractivity contribution in [1.82, 2.24) is 0 Å². The largest absolute Gasteiger partial charge is 0.299 e. The first kappa shape index (κ1) is 12.4. The van der Waals surface area contributed by atoms with Gasteiger partial charge in [-0.3, -0.25) is 4.79 Å². The molecule has 82 valence electrons. The van der Waals surface area contributed by atoms with Crippen LogP contribution in [-0.2, 0) is 11.2 Å². The summed E-state index contributed by atoms with van der Waals surface area (Å²) >= 11 is 3.31. The minimum Gasteiger partial charge on any atom is -0.299 e. The zero-order valence-corrected chi connectivity index (χ0v) is 10.5. The second-order valence-corrected chi connectivity index (χ2v) is 4.54. The quantitative estimate of drug-likeness (QED) is 0.816. The average Bonchev–Trinajstić information content (AvgIpc) is 2.22. The van der Waals surface area contributed by atoms with E-state index >= 15 is 0 Å². The Morgan fingerprint density at radius 2 is 2.20 bits per heavy atom. The lowest BCUT2D eigenvalue weighted by molar-refractivity contribution is -0.121. The van der Waals surface area contributed by atoms with Crippen LogP contribution >= 0.6 is 15.9 Å². The van der Waals surface area contributed by atoms with Crippen molar-refractivity contribution in [1.29, 1.82) is 0 Å². The van der Waals surface area contributed by atoms with E-state index < -0.39 is 0 Å². The molecule has 1 unspecified atom stereocenters. The normalized spacial score (nSPS) is 12.5. The van der Waals surface area contributed by atoms with Crippen molar-refractivity contribution < 1.29 is 9.18 Å². The second kappa shape index (κ2) is 5.40. The van der Waals surface area contributed by atoms with Gasteiger partial charge >= 0.3 is 0 Å². The maximum atomic E-state index is 12.9. The number of Topliss-reactive ketones (excluding diaryl/α,β-unsaturated/α-hetero) is 1. The summed E-state index contributed by atoms with van der Waals surface area (Å²) in [6, 6.07) is 4.42. The molecule has 0 saturated carbocycles. The summed E-state index contributed by atoms with van der Waals surface area (Å²) in [4.78, 5) is 11.7. The predicted molar refractivity (Wildman–Crippen MR) is 62.3 cm³/mol. The lowest BCUT2D eigenvalue weighted by atomic mass is 9.97. The third-order valence-corrected chi connectivity index (χ3v) is 3.31. The molecule has 0 heterocycles. The highest BCUT2D eigenvalue weighted by atomic mass is 79.9. The van der Waals surface area contributed by atoms with Crippen LogP contribution in [0.25, 0.3) is 0 Å². The third-order valence-electron chi connectivity index (χ3n) is 2.53. The molecule has 0 N–H and O–H groups in total. The molecule has 0 amide bonds. The second-order valence-electron chi connectivity index (χ2n) is 3.69. The van der Waals surface area contributed by atoms with Gasteiger partial charge in [-0.15, -0.1) is 0 Å². The van der Waals surface area contributed by atoms with Gasteiger partial charge in [0.25, 0.3) is 0 Å². The van der Waals surface area contributed by atoms with Gasteiger partial charge in [0.1, 0.15) is 11.6 Å². The fourth-order valence-electron chi connectivity index (χ4n) is 1.27. The predicted octanol–water partition coefficient (Wildman–Crippen LogP) is 3.75. The Balaban J connectivity index is 2.80. The molecule has 0 aliphatic rings. The van der Waals surface area contributed by atoms with Gasteiger partial charge < -0.3 is 0 Å². The molecular weight excluding hydrogens is 259 g/mol. The van der Waals surface area contributed by atoms with Crippen molar-refractivity contribution in [2.45, 2.75) is 26.7 Å². The Kier molecular flexibility index (Phi) is 4.45. The van der Waals surface area contributed by atoms with E-state index in [4.69, 9.17) is 0 Å². The molecule has 0 aromatic heterocycles. The number of halogens is 2. The Labute approximate surface area is 97.8 Å². The zero-order valence-electron chi connectivity index (χ0n) is 8.89. The van der Waals surface area contributed by atoms with Crippen LogP contribution in [0.1, 0.15) is 25.8 Å². The molecule has 0 fully saturated rings. The van der Waals surface area contributed by atoms with E-state index in [0.29, 0.717) is 6.42 Å². The first-order valence-electron chi connectivity index (χ1n) is 5.01. The van der Waals surface area contributed by atoms with Crippen molar-refractivity contribution in [3.8, 4) is 0 Å². The van der Waals surface area contributed by atoms with Crippen LogP contribution in [0.5, 0.6) is 0 Å². The van der Waals surface area contributed by atoms with E-state index in [2.05, 4.69) is 15.9 Å². The van der Waals surface area contributed by atoms with Crippen molar-refractivity contribution in [2.24, 2.45) is 5.92 Å². The third kappa shape index (κ3) is 3.42. The van der Waals surface area contributed by atoms with Crippen molar-refractivity contribution >= 4 is 21.7 Å². The van der Waals surface area contributed by atoms with E-state index in [9.17, 15) is 9.18 Å². The molecule has 15 heavy (non-hydrogen) atoms. The number of rotatable bonds is 4. The Morgan fingerprint density at radius 3 is 2.80 bits per heavy atom. The highest BCUT2D eigenvalue weighted by molar-refractivity contribution is 9.10. The molecule has 0 aliphatic heterocycles. The van der Waals surface area contributed by atoms with Gasteiger partial charge in [-0.25, -0.2) is 4.39 Å². The fourth-order valence-corrected chi connectivity index (χ4v) is 1.66. The maximum Gasteiger partial charge on any atom is 0.140 e. The monoisotopic (exact) mass is 272 g/mol. The van der Waals surface area contributed by atoms with E-state index in [1.165, 1.54) is 12.1 Å². The number of ketones is 1. The molecule has 1 aromatic rings. The SMILES string of the molecule is CCC(C)C(=O)Cc1cc(F)ccc1Br. The molecule has 0 radical (unpaired) electrons. The number of hydrogen-bond donors (Lipinski definition) is 0. The Bertz CT molecular complexity index is 363.